The number of hydrogen-bond donors (Lipinski definition) is 2. The van der Waals surface area contributed by atoms with Gasteiger partial charge in [0.2, 0.25) is 10.0 Å². The van der Waals surface area contributed by atoms with Crippen LogP contribution in [0.25, 0.3) is 0 Å². The quantitative estimate of drug-likeness (QED) is 0.740. The number of rotatable bonds is 6. The second kappa shape index (κ2) is 6.11. The lowest BCUT2D eigenvalue weighted by atomic mass is 10.2. The van der Waals surface area contributed by atoms with Gasteiger partial charge in [0.05, 0.1) is 11.0 Å². The van der Waals surface area contributed by atoms with Gasteiger partial charge in [-0.1, -0.05) is 19.1 Å². The molecule has 1 rings (SSSR count). The van der Waals surface area contributed by atoms with Crippen molar-refractivity contribution < 1.29 is 13.3 Å². The van der Waals surface area contributed by atoms with Crippen molar-refractivity contribution in [1.82, 2.24) is 4.72 Å². The zero-order valence-corrected chi connectivity index (χ0v) is 10.8. The van der Waals surface area contributed by atoms with Crippen LogP contribution in [-0.2, 0) is 21.3 Å². The minimum Gasteiger partial charge on any atom is -0.300 e. The maximum absolute atomic E-state index is 11.8. The summed E-state index contributed by atoms with van der Waals surface area (Å²) in [7, 11) is -3.48. The molecule has 1 aromatic carbocycles. The van der Waals surface area contributed by atoms with Crippen LogP contribution < -0.4 is 10.6 Å². The predicted molar refractivity (Wildman–Crippen MR) is 65.7 cm³/mol. The molecule has 6 heteroatoms. The largest absolute Gasteiger partial charge is 0.300 e. The molecule has 0 radical (unpaired) electrons. The minimum atomic E-state index is -3.48. The van der Waals surface area contributed by atoms with E-state index in [4.69, 9.17) is 5.90 Å². The van der Waals surface area contributed by atoms with Crippen LogP contribution in [0.1, 0.15) is 19.4 Å². The molecule has 17 heavy (non-hydrogen) atoms. The average Bonchev–Trinajstić information content (AvgIpc) is 2.36. The molecule has 0 saturated heterocycles. The molecule has 0 aromatic heterocycles. The Labute approximate surface area is 102 Å². The van der Waals surface area contributed by atoms with Crippen LogP contribution in [0.4, 0.5) is 0 Å². The number of nitrogens with two attached hydrogens (primary N) is 1. The fourth-order valence-corrected chi connectivity index (χ4v) is 2.38. The van der Waals surface area contributed by atoms with E-state index in [1.165, 1.54) is 0 Å². The highest BCUT2D eigenvalue weighted by Gasteiger charge is 2.14. The summed E-state index contributed by atoms with van der Waals surface area (Å²) in [4.78, 5) is 4.74. The fraction of sp³-hybridized carbons (Fsp3) is 0.455. The Balaban J connectivity index is 2.75. The number of sulfonamides is 1. The van der Waals surface area contributed by atoms with E-state index in [1.54, 1.807) is 31.2 Å². The molecule has 1 aromatic rings. The lowest BCUT2D eigenvalue weighted by molar-refractivity contribution is 0.0702. The van der Waals surface area contributed by atoms with E-state index in [1.807, 2.05) is 6.92 Å². The Morgan fingerprint density at radius 3 is 2.41 bits per heavy atom. The first-order chi connectivity index (χ1) is 7.99. The van der Waals surface area contributed by atoms with Gasteiger partial charge in [0.25, 0.3) is 0 Å². The average molecular weight is 258 g/mol. The molecule has 0 fully saturated rings. The third kappa shape index (κ3) is 4.08. The van der Waals surface area contributed by atoms with Crippen LogP contribution in [0.3, 0.4) is 0 Å². The Morgan fingerprint density at radius 1 is 1.35 bits per heavy atom. The zero-order chi connectivity index (χ0) is 12.9. The Kier molecular flexibility index (Phi) is 5.07. The van der Waals surface area contributed by atoms with Crippen LogP contribution in [0.5, 0.6) is 0 Å². The summed E-state index contributed by atoms with van der Waals surface area (Å²) in [6.45, 7) is 3.85. The maximum Gasteiger partial charge on any atom is 0.240 e. The molecular weight excluding hydrogens is 240 g/mol. The Morgan fingerprint density at radius 2 is 1.94 bits per heavy atom. The predicted octanol–water partition coefficient (Wildman–Crippen LogP) is 0.806. The number of hydrogen-bond acceptors (Lipinski definition) is 4. The van der Waals surface area contributed by atoms with Gasteiger partial charge < -0.3 is 4.84 Å². The number of nitrogens with one attached hydrogen (secondary N) is 1. The van der Waals surface area contributed by atoms with Crippen LogP contribution in [0, 0.1) is 0 Å². The van der Waals surface area contributed by atoms with Crippen molar-refractivity contribution in [2.45, 2.75) is 31.3 Å². The molecule has 1 atom stereocenters. The first kappa shape index (κ1) is 14.1. The molecule has 0 bridgehead atoms. The van der Waals surface area contributed by atoms with E-state index in [-0.39, 0.29) is 17.5 Å². The van der Waals surface area contributed by atoms with E-state index >= 15 is 0 Å². The highest BCUT2D eigenvalue weighted by atomic mass is 32.2. The monoisotopic (exact) mass is 258 g/mol. The van der Waals surface area contributed by atoms with Gasteiger partial charge in [-0.15, -0.1) is 0 Å². The van der Waals surface area contributed by atoms with E-state index in [9.17, 15) is 8.42 Å². The maximum atomic E-state index is 11.8. The highest BCUT2D eigenvalue weighted by molar-refractivity contribution is 7.89. The van der Waals surface area contributed by atoms with Gasteiger partial charge in [0.1, 0.15) is 0 Å². The van der Waals surface area contributed by atoms with Crippen LogP contribution >= 0.6 is 0 Å². The highest BCUT2D eigenvalue weighted by Crippen LogP contribution is 2.10. The summed E-state index contributed by atoms with van der Waals surface area (Å²) in [5, 5.41) is 0. The first-order valence-electron chi connectivity index (χ1n) is 5.43. The van der Waals surface area contributed by atoms with Crippen molar-refractivity contribution in [2.75, 3.05) is 6.54 Å². The third-order valence-electron chi connectivity index (χ3n) is 2.44. The topological polar surface area (TPSA) is 81.4 Å². The first-order valence-corrected chi connectivity index (χ1v) is 6.92. The lowest BCUT2D eigenvalue weighted by Crippen LogP contribution is -2.33. The molecule has 5 nitrogen and oxygen atoms in total. The smallest absolute Gasteiger partial charge is 0.240 e. The van der Waals surface area contributed by atoms with Crippen molar-refractivity contribution in [3.8, 4) is 0 Å². The van der Waals surface area contributed by atoms with E-state index in [0.717, 1.165) is 12.0 Å². The molecule has 3 N–H and O–H groups in total. The summed E-state index contributed by atoms with van der Waals surface area (Å²) in [6, 6.07) is 6.79. The molecular formula is C11H18N2O3S. The molecule has 0 aliphatic rings. The van der Waals surface area contributed by atoms with Gasteiger partial charge in [0.15, 0.2) is 0 Å². The summed E-state index contributed by atoms with van der Waals surface area (Å²) >= 11 is 0. The van der Waals surface area contributed by atoms with Crippen LogP contribution in [0.2, 0.25) is 0 Å². The van der Waals surface area contributed by atoms with Gasteiger partial charge in [-0.2, -0.15) is 0 Å². The normalized spacial score (nSPS) is 13.6. The SMILES string of the molecule is CCc1ccc(S(=O)(=O)NCC(C)ON)cc1. The molecule has 0 spiro atoms. The van der Waals surface area contributed by atoms with Crippen molar-refractivity contribution >= 4 is 10.0 Å². The number of aryl methyl sites for hydroxylation is 1. The van der Waals surface area contributed by atoms with Gasteiger partial charge >= 0.3 is 0 Å². The van der Waals surface area contributed by atoms with Gasteiger partial charge in [-0.3, -0.25) is 0 Å². The molecule has 0 saturated carbocycles. The summed E-state index contributed by atoms with van der Waals surface area (Å²) < 4.78 is 26.1. The van der Waals surface area contributed by atoms with Crippen LogP contribution in [0.15, 0.2) is 29.2 Å². The zero-order valence-electron chi connectivity index (χ0n) is 10.0. The van der Waals surface area contributed by atoms with Gasteiger partial charge in [0, 0.05) is 6.54 Å². The molecule has 96 valence electrons. The molecule has 0 amide bonds. The minimum absolute atomic E-state index is 0.147. The second-order valence-corrected chi connectivity index (χ2v) is 5.56. The van der Waals surface area contributed by atoms with E-state index in [0.29, 0.717) is 0 Å². The summed E-state index contributed by atoms with van der Waals surface area (Å²) in [6.07, 6.45) is 0.519. The standard InChI is InChI=1S/C11H18N2O3S/c1-3-10-4-6-11(7-5-10)17(14,15)13-8-9(2)16-12/h4-7,9,13H,3,8,12H2,1-2H3. The summed E-state index contributed by atoms with van der Waals surface area (Å²) in [5.41, 5.74) is 1.10. The van der Waals surface area contributed by atoms with Gasteiger partial charge in [-0.25, -0.2) is 19.0 Å². The molecule has 0 aliphatic carbocycles. The third-order valence-corrected chi connectivity index (χ3v) is 3.87. The Bertz CT molecular complexity index is 442. The second-order valence-electron chi connectivity index (χ2n) is 3.80. The summed E-state index contributed by atoms with van der Waals surface area (Å²) in [5.74, 6) is 4.94. The van der Waals surface area contributed by atoms with Crippen molar-refractivity contribution in [3.05, 3.63) is 29.8 Å². The molecule has 0 aliphatic heterocycles. The van der Waals surface area contributed by atoms with E-state index in [2.05, 4.69) is 9.56 Å². The van der Waals surface area contributed by atoms with Crippen molar-refractivity contribution in [3.63, 3.8) is 0 Å². The molecule has 1 unspecified atom stereocenters. The number of benzene rings is 1. The fourth-order valence-electron chi connectivity index (χ4n) is 1.26. The Hall–Kier alpha value is -0.950. The van der Waals surface area contributed by atoms with Crippen molar-refractivity contribution in [2.24, 2.45) is 5.90 Å². The van der Waals surface area contributed by atoms with E-state index < -0.39 is 10.0 Å². The van der Waals surface area contributed by atoms with Crippen LogP contribution in [-0.4, -0.2) is 21.1 Å². The lowest BCUT2D eigenvalue weighted by Gasteiger charge is -2.11. The van der Waals surface area contributed by atoms with Crippen molar-refractivity contribution in [1.29, 1.82) is 0 Å². The molecule has 0 heterocycles. The van der Waals surface area contributed by atoms with Gasteiger partial charge in [-0.05, 0) is 31.0 Å².